The van der Waals surface area contributed by atoms with Gasteiger partial charge in [0.25, 0.3) is 5.91 Å². The van der Waals surface area contributed by atoms with E-state index in [1.54, 1.807) is 22.9 Å². The Bertz CT molecular complexity index is 435. The second-order valence-electron chi connectivity index (χ2n) is 4.40. The van der Waals surface area contributed by atoms with Crippen LogP contribution in [-0.4, -0.2) is 50.3 Å². The number of amides is 1. The van der Waals surface area contributed by atoms with Gasteiger partial charge >= 0.3 is 0 Å². The number of hydrogen-bond acceptors (Lipinski definition) is 4. The molecule has 19 heavy (non-hydrogen) atoms. The van der Waals surface area contributed by atoms with E-state index in [-0.39, 0.29) is 11.9 Å². The van der Waals surface area contributed by atoms with Gasteiger partial charge in [-0.1, -0.05) is 0 Å². The average Bonchev–Trinajstić information content (AvgIpc) is 2.99. The van der Waals surface area contributed by atoms with Crippen LogP contribution in [0.25, 0.3) is 0 Å². The molecule has 0 spiro atoms. The van der Waals surface area contributed by atoms with Crippen LogP contribution in [0.5, 0.6) is 0 Å². The highest BCUT2D eigenvalue weighted by molar-refractivity contribution is 7.98. The molecular weight excluding hydrogens is 280 g/mol. The first-order valence-electron chi connectivity index (χ1n) is 6.30. The Morgan fingerprint density at radius 1 is 1.53 bits per heavy atom. The van der Waals surface area contributed by atoms with Crippen LogP contribution in [0.1, 0.15) is 12.8 Å². The maximum atomic E-state index is 12.2. The van der Waals surface area contributed by atoms with E-state index in [0.717, 1.165) is 25.1 Å². The molecule has 2 rings (SSSR count). The van der Waals surface area contributed by atoms with E-state index in [1.165, 1.54) is 0 Å². The van der Waals surface area contributed by atoms with Gasteiger partial charge in [0.1, 0.15) is 6.04 Å². The summed E-state index contributed by atoms with van der Waals surface area (Å²) in [4.78, 5) is 13.8. The molecule has 1 fully saturated rings. The molecule has 0 aromatic carbocycles. The zero-order valence-corrected chi connectivity index (χ0v) is 12.5. The van der Waals surface area contributed by atoms with Crippen molar-refractivity contribution in [3.63, 3.8) is 0 Å². The quantitative estimate of drug-likeness (QED) is 0.764. The Labute approximate surface area is 122 Å². The largest absolute Gasteiger partial charge is 0.350 e. The topological polar surface area (TPSA) is 50.2 Å². The number of nitrogens with zero attached hydrogens (tertiary/aromatic N) is 3. The molecule has 1 atom stereocenters. The number of carbonyl (C=O) groups is 1. The highest BCUT2D eigenvalue weighted by Crippen LogP contribution is 2.12. The smallest absolute Gasteiger partial charge is 0.251 e. The van der Waals surface area contributed by atoms with Crippen LogP contribution < -0.4 is 5.32 Å². The van der Waals surface area contributed by atoms with E-state index in [1.807, 2.05) is 23.2 Å². The first-order valence-corrected chi connectivity index (χ1v) is 8.11. The third-order valence-electron chi connectivity index (χ3n) is 3.05. The summed E-state index contributed by atoms with van der Waals surface area (Å²) in [6.07, 6.45) is 7.40. The minimum atomic E-state index is -0.135. The fraction of sp³-hybridized carbons (Fsp3) is 0.583. The number of thioether (sulfide) groups is 1. The van der Waals surface area contributed by atoms with E-state index in [9.17, 15) is 4.79 Å². The lowest BCUT2D eigenvalue weighted by Crippen LogP contribution is -2.33. The van der Waals surface area contributed by atoms with Gasteiger partial charge in [-0.3, -0.25) is 14.4 Å². The van der Waals surface area contributed by atoms with Crippen LogP contribution in [-0.2, 0) is 11.3 Å². The Morgan fingerprint density at radius 3 is 3.05 bits per heavy atom. The number of thiocarbonyl (C=S) groups is 1. The minimum Gasteiger partial charge on any atom is -0.350 e. The van der Waals surface area contributed by atoms with Crippen LogP contribution >= 0.6 is 24.0 Å². The third kappa shape index (κ3) is 3.70. The lowest BCUT2D eigenvalue weighted by molar-refractivity contribution is -0.127. The average molecular weight is 298 g/mol. The molecule has 0 unspecified atom stereocenters. The summed E-state index contributed by atoms with van der Waals surface area (Å²) in [5, 5.41) is 7.81. The molecular formula is C12H18N4OS2. The fourth-order valence-electron chi connectivity index (χ4n) is 2.04. The number of rotatable bonds is 7. The zero-order chi connectivity index (χ0) is 13.7. The molecule has 0 saturated carbocycles. The van der Waals surface area contributed by atoms with Crippen molar-refractivity contribution in [3.05, 3.63) is 18.5 Å². The molecule has 1 aliphatic heterocycles. The van der Waals surface area contributed by atoms with Crippen LogP contribution in [0.2, 0.25) is 0 Å². The van der Waals surface area contributed by atoms with Gasteiger partial charge in [-0.2, -0.15) is 16.9 Å². The molecule has 0 bridgehead atoms. The molecule has 1 amide bonds. The van der Waals surface area contributed by atoms with Crippen molar-refractivity contribution in [2.24, 2.45) is 0 Å². The molecule has 1 aromatic heterocycles. The Morgan fingerprint density at radius 2 is 2.37 bits per heavy atom. The third-order valence-corrected chi connectivity index (χ3v) is 4.03. The van der Waals surface area contributed by atoms with Crippen LogP contribution in [0.3, 0.4) is 0 Å². The standard InChI is InChI=1S/C12H18N4OS2/c1-19-9-4-10-11(17)16(12(18)14-10)8-3-7-15-6-2-5-13-15/h2,5-6,10H,3-4,7-9H2,1H3,(H,14,18)/t10-/m1/s1. The minimum absolute atomic E-state index is 0.111. The summed E-state index contributed by atoms with van der Waals surface area (Å²) in [6.45, 7) is 1.45. The molecule has 5 nitrogen and oxygen atoms in total. The van der Waals surface area contributed by atoms with Crippen molar-refractivity contribution in [1.82, 2.24) is 20.0 Å². The van der Waals surface area contributed by atoms with E-state index in [0.29, 0.717) is 11.7 Å². The van der Waals surface area contributed by atoms with Crippen molar-refractivity contribution in [2.75, 3.05) is 18.6 Å². The van der Waals surface area contributed by atoms with E-state index >= 15 is 0 Å². The molecule has 1 aromatic rings. The zero-order valence-electron chi connectivity index (χ0n) is 10.9. The van der Waals surface area contributed by atoms with E-state index in [2.05, 4.69) is 10.4 Å². The van der Waals surface area contributed by atoms with Crippen LogP contribution in [0.15, 0.2) is 18.5 Å². The summed E-state index contributed by atoms with van der Waals surface area (Å²) in [6, 6.07) is 1.76. The van der Waals surface area contributed by atoms with Gasteiger partial charge in [0, 0.05) is 25.5 Å². The second kappa shape index (κ2) is 6.91. The highest BCUT2D eigenvalue weighted by atomic mass is 32.2. The van der Waals surface area contributed by atoms with Crippen molar-refractivity contribution in [3.8, 4) is 0 Å². The van der Waals surface area contributed by atoms with E-state index < -0.39 is 0 Å². The van der Waals surface area contributed by atoms with Crippen molar-refractivity contribution in [1.29, 1.82) is 0 Å². The molecule has 7 heteroatoms. The summed E-state index contributed by atoms with van der Waals surface area (Å²) in [7, 11) is 0. The Hall–Kier alpha value is -1.08. The van der Waals surface area contributed by atoms with Crippen molar-refractivity contribution < 1.29 is 4.79 Å². The summed E-state index contributed by atoms with van der Waals surface area (Å²) < 4.78 is 1.86. The predicted octanol–water partition coefficient (Wildman–Crippen LogP) is 1.11. The molecule has 0 aliphatic carbocycles. The Kier molecular flexibility index (Phi) is 5.21. The van der Waals surface area contributed by atoms with Gasteiger partial charge in [0.2, 0.25) is 0 Å². The van der Waals surface area contributed by atoms with Gasteiger partial charge in [-0.15, -0.1) is 0 Å². The van der Waals surface area contributed by atoms with Crippen LogP contribution in [0.4, 0.5) is 0 Å². The van der Waals surface area contributed by atoms with E-state index in [4.69, 9.17) is 12.2 Å². The maximum absolute atomic E-state index is 12.2. The molecule has 0 radical (unpaired) electrons. The molecule has 104 valence electrons. The predicted molar refractivity (Wildman–Crippen MR) is 81.1 cm³/mol. The Balaban J connectivity index is 1.79. The van der Waals surface area contributed by atoms with Gasteiger partial charge in [-0.05, 0) is 43.1 Å². The fourth-order valence-corrected chi connectivity index (χ4v) is 2.84. The first kappa shape index (κ1) is 14.3. The maximum Gasteiger partial charge on any atom is 0.251 e. The van der Waals surface area contributed by atoms with Gasteiger partial charge < -0.3 is 5.32 Å². The SMILES string of the molecule is CSCC[C@H]1NC(=S)N(CCCn2cccn2)C1=O. The van der Waals surface area contributed by atoms with Gasteiger partial charge in [0.15, 0.2) is 5.11 Å². The number of aromatic nitrogens is 2. The molecule has 1 aliphatic rings. The summed E-state index contributed by atoms with van der Waals surface area (Å²) in [5.74, 6) is 1.08. The lowest BCUT2D eigenvalue weighted by Gasteiger charge is -2.14. The molecule has 2 heterocycles. The van der Waals surface area contributed by atoms with Gasteiger partial charge in [0.05, 0.1) is 0 Å². The summed E-state index contributed by atoms with van der Waals surface area (Å²) in [5.41, 5.74) is 0. The monoisotopic (exact) mass is 298 g/mol. The number of nitrogens with one attached hydrogen (secondary N) is 1. The molecule has 1 saturated heterocycles. The summed E-state index contributed by atoms with van der Waals surface area (Å²) >= 11 is 6.97. The number of hydrogen-bond donors (Lipinski definition) is 1. The normalized spacial score (nSPS) is 19.0. The lowest BCUT2D eigenvalue weighted by atomic mass is 10.2. The first-order chi connectivity index (χ1) is 9.22. The van der Waals surface area contributed by atoms with Crippen molar-refractivity contribution >= 4 is 35.0 Å². The van der Waals surface area contributed by atoms with Crippen molar-refractivity contribution in [2.45, 2.75) is 25.4 Å². The highest BCUT2D eigenvalue weighted by Gasteiger charge is 2.34. The second-order valence-corrected chi connectivity index (χ2v) is 5.77. The number of aryl methyl sites for hydroxylation is 1. The van der Waals surface area contributed by atoms with Gasteiger partial charge in [-0.25, -0.2) is 0 Å². The number of carbonyl (C=O) groups excluding carboxylic acids is 1. The molecule has 1 N–H and O–H groups in total. The van der Waals surface area contributed by atoms with Crippen LogP contribution in [0, 0.1) is 0 Å².